The second kappa shape index (κ2) is 10.2. The molecule has 0 aliphatic carbocycles. The predicted octanol–water partition coefficient (Wildman–Crippen LogP) is 3.34. The quantitative estimate of drug-likeness (QED) is 0.672. The fourth-order valence-corrected chi connectivity index (χ4v) is 2.87. The zero-order valence-corrected chi connectivity index (χ0v) is 14.3. The van der Waals surface area contributed by atoms with Gasteiger partial charge < -0.3 is 9.84 Å². The summed E-state index contributed by atoms with van der Waals surface area (Å²) in [6.45, 7) is 5.36. The average molecular weight is 320 g/mol. The Labute approximate surface area is 138 Å². The molecule has 0 aromatic heterocycles. The Morgan fingerprint density at radius 2 is 1.83 bits per heavy atom. The Morgan fingerprint density at radius 3 is 2.35 bits per heavy atom. The fraction of sp³-hybridized carbons (Fsp3) is 0.579. The number of aliphatic hydroxyl groups is 1. The fourth-order valence-electron chi connectivity index (χ4n) is 2.87. The van der Waals surface area contributed by atoms with E-state index >= 15 is 0 Å². The number of carbonyl (C=O) groups excluding carboxylic acids is 2. The number of carbonyl (C=O) groups is 2. The van der Waals surface area contributed by atoms with Crippen molar-refractivity contribution < 1.29 is 19.4 Å². The lowest BCUT2D eigenvalue weighted by atomic mass is 9.81. The third-order valence-corrected chi connectivity index (χ3v) is 4.28. The van der Waals surface area contributed by atoms with E-state index in [2.05, 4.69) is 0 Å². The highest BCUT2D eigenvalue weighted by atomic mass is 16.5. The van der Waals surface area contributed by atoms with Crippen molar-refractivity contribution in [1.82, 2.24) is 0 Å². The first-order valence-corrected chi connectivity index (χ1v) is 8.32. The molecule has 0 saturated carbocycles. The van der Waals surface area contributed by atoms with Gasteiger partial charge in [0.25, 0.3) is 0 Å². The van der Waals surface area contributed by atoms with Crippen LogP contribution < -0.4 is 0 Å². The van der Waals surface area contributed by atoms with Gasteiger partial charge in [-0.2, -0.15) is 0 Å². The number of aliphatic hydroxyl groups excluding tert-OH is 1. The SMILES string of the molecule is CCC(CC(CC(C)C(=O)OCCO)c1ccccc1)C(C)=O. The van der Waals surface area contributed by atoms with Gasteiger partial charge in [-0.25, -0.2) is 0 Å². The number of benzene rings is 1. The van der Waals surface area contributed by atoms with Crippen LogP contribution in [0.15, 0.2) is 30.3 Å². The Bertz CT molecular complexity index is 483. The average Bonchev–Trinajstić information content (AvgIpc) is 2.56. The smallest absolute Gasteiger partial charge is 0.308 e. The normalized spacial score (nSPS) is 14.8. The molecular formula is C19H28O4. The highest BCUT2D eigenvalue weighted by molar-refractivity contribution is 5.78. The third-order valence-electron chi connectivity index (χ3n) is 4.28. The van der Waals surface area contributed by atoms with Crippen molar-refractivity contribution in [2.75, 3.05) is 13.2 Å². The molecular weight excluding hydrogens is 292 g/mol. The number of hydrogen-bond donors (Lipinski definition) is 1. The van der Waals surface area contributed by atoms with E-state index in [4.69, 9.17) is 9.84 Å². The Kier molecular flexibility index (Phi) is 8.56. The van der Waals surface area contributed by atoms with Crippen molar-refractivity contribution in [3.05, 3.63) is 35.9 Å². The van der Waals surface area contributed by atoms with Crippen LogP contribution in [0.3, 0.4) is 0 Å². The number of ketones is 1. The highest BCUT2D eigenvalue weighted by Crippen LogP contribution is 2.32. The molecule has 1 N–H and O–H groups in total. The van der Waals surface area contributed by atoms with E-state index in [1.807, 2.05) is 44.2 Å². The van der Waals surface area contributed by atoms with Crippen molar-refractivity contribution in [3.63, 3.8) is 0 Å². The van der Waals surface area contributed by atoms with Crippen LogP contribution in [0.25, 0.3) is 0 Å². The molecule has 1 aromatic carbocycles. The van der Waals surface area contributed by atoms with E-state index in [0.29, 0.717) is 6.42 Å². The van der Waals surface area contributed by atoms with Crippen molar-refractivity contribution in [3.8, 4) is 0 Å². The Balaban J connectivity index is 2.83. The largest absolute Gasteiger partial charge is 0.463 e. The zero-order chi connectivity index (χ0) is 17.2. The Hall–Kier alpha value is -1.68. The highest BCUT2D eigenvalue weighted by Gasteiger charge is 2.25. The van der Waals surface area contributed by atoms with Gasteiger partial charge in [-0.3, -0.25) is 9.59 Å². The number of esters is 1. The molecule has 0 radical (unpaired) electrons. The molecule has 0 heterocycles. The first-order chi connectivity index (χ1) is 11.0. The summed E-state index contributed by atoms with van der Waals surface area (Å²) in [6.07, 6.45) is 2.19. The van der Waals surface area contributed by atoms with Gasteiger partial charge in [0.1, 0.15) is 12.4 Å². The van der Waals surface area contributed by atoms with Gasteiger partial charge in [0.05, 0.1) is 12.5 Å². The minimum Gasteiger partial charge on any atom is -0.463 e. The molecule has 0 saturated heterocycles. The second-order valence-corrected chi connectivity index (χ2v) is 6.09. The lowest BCUT2D eigenvalue weighted by Crippen LogP contribution is -2.21. The summed E-state index contributed by atoms with van der Waals surface area (Å²) in [4.78, 5) is 23.7. The standard InChI is InChI=1S/C19H28O4/c1-4-16(15(3)21)13-18(17-8-6-5-7-9-17)12-14(2)19(22)23-11-10-20/h5-9,14,16,18,20H,4,10-13H2,1-3H3. The van der Waals surface area contributed by atoms with Gasteiger partial charge in [0.15, 0.2) is 0 Å². The molecule has 4 heteroatoms. The summed E-state index contributed by atoms with van der Waals surface area (Å²) in [5.41, 5.74) is 1.15. The van der Waals surface area contributed by atoms with Crippen molar-refractivity contribution in [2.24, 2.45) is 11.8 Å². The molecule has 128 valence electrons. The molecule has 1 aromatic rings. The van der Waals surface area contributed by atoms with Crippen LogP contribution in [0, 0.1) is 11.8 Å². The number of rotatable bonds is 10. The van der Waals surface area contributed by atoms with E-state index in [1.54, 1.807) is 6.92 Å². The maximum atomic E-state index is 12.0. The minimum atomic E-state index is -0.296. The van der Waals surface area contributed by atoms with Gasteiger partial charge in [-0.1, -0.05) is 44.2 Å². The number of ether oxygens (including phenoxy) is 1. The molecule has 0 amide bonds. The van der Waals surface area contributed by atoms with Crippen LogP contribution in [0.5, 0.6) is 0 Å². The summed E-state index contributed by atoms with van der Waals surface area (Å²) in [7, 11) is 0. The zero-order valence-electron chi connectivity index (χ0n) is 14.3. The van der Waals surface area contributed by atoms with E-state index < -0.39 is 0 Å². The summed E-state index contributed by atoms with van der Waals surface area (Å²) in [5, 5.41) is 8.75. The topological polar surface area (TPSA) is 63.6 Å². The molecule has 0 aliphatic heterocycles. The van der Waals surface area contributed by atoms with Gasteiger partial charge in [0, 0.05) is 5.92 Å². The number of Topliss-reactive ketones (excluding diaryl/α,β-unsaturated/α-hetero) is 1. The van der Waals surface area contributed by atoms with Crippen LogP contribution in [-0.4, -0.2) is 30.1 Å². The molecule has 0 bridgehead atoms. The molecule has 1 rings (SSSR count). The molecule has 0 aliphatic rings. The molecule has 4 nitrogen and oxygen atoms in total. The van der Waals surface area contributed by atoms with Crippen molar-refractivity contribution in [1.29, 1.82) is 0 Å². The monoisotopic (exact) mass is 320 g/mol. The maximum absolute atomic E-state index is 12.0. The van der Waals surface area contributed by atoms with Crippen LogP contribution in [-0.2, 0) is 14.3 Å². The van der Waals surface area contributed by atoms with Crippen molar-refractivity contribution in [2.45, 2.75) is 46.0 Å². The van der Waals surface area contributed by atoms with Gasteiger partial charge >= 0.3 is 5.97 Å². The molecule has 3 atom stereocenters. The van der Waals surface area contributed by atoms with E-state index in [1.165, 1.54) is 0 Å². The van der Waals surface area contributed by atoms with Crippen molar-refractivity contribution >= 4 is 11.8 Å². The van der Waals surface area contributed by atoms with Gasteiger partial charge in [0.2, 0.25) is 0 Å². The van der Waals surface area contributed by atoms with Crippen LogP contribution >= 0.6 is 0 Å². The van der Waals surface area contributed by atoms with Crippen LogP contribution in [0.1, 0.15) is 51.5 Å². The summed E-state index contributed by atoms with van der Waals surface area (Å²) in [5.74, 6) is -0.210. The van der Waals surface area contributed by atoms with E-state index in [-0.39, 0.29) is 42.7 Å². The lowest BCUT2D eigenvalue weighted by molar-refractivity contribution is -0.149. The van der Waals surface area contributed by atoms with E-state index in [9.17, 15) is 9.59 Å². The summed E-state index contributed by atoms with van der Waals surface area (Å²) < 4.78 is 5.01. The lowest BCUT2D eigenvalue weighted by Gasteiger charge is -2.24. The predicted molar refractivity (Wildman–Crippen MR) is 90.1 cm³/mol. The summed E-state index contributed by atoms with van der Waals surface area (Å²) >= 11 is 0. The first kappa shape index (κ1) is 19.4. The van der Waals surface area contributed by atoms with Crippen LogP contribution in [0.2, 0.25) is 0 Å². The molecule has 0 spiro atoms. The molecule has 23 heavy (non-hydrogen) atoms. The third kappa shape index (κ3) is 6.53. The summed E-state index contributed by atoms with van der Waals surface area (Å²) in [6, 6.07) is 10.0. The second-order valence-electron chi connectivity index (χ2n) is 6.09. The van der Waals surface area contributed by atoms with E-state index in [0.717, 1.165) is 18.4 Å². The first-order valence-electron chi connectivity index (χ1n) is 8.32. The van der Waals surface area contributed by atoms with Gasteiger partial charge in [-0.15, -0.1) is 0 Å². The number of hydrogen-bond acceptors (Lipinski definition) is 4. The molecule has 0 fully saturated rings. The van der Waals surface area contributed by atoms with Gasteiger partial charge in [-0.05, 0) is 37.7 Å². The Morgan fingerprint density at radius 1 is 1.17 bits per heavy atom. The maximum Gasteiger partial charge on any atom is 0.308 e. The minimum absolute atomic E-state index is 0.0147. The molecule has 3 unspecified atom stereocenters. The van der Waals surface area contributed by atoms with Crippen LogP contribution in [0.4, 0.5) is 0 Å².